The highest BCUT2D eigenvalue weighted by Crippen LogP contribution is 2.29. The predicted molar refractivity (Wildman–Crippen MR) is 123 cm³/mol. The smallest absolute Gasteiger partial charge is 0.252 e. The number of anilines is 2. The summed E-state index contributed by atoms with van der Waals surface area (Å²) in [5.41, 5.74) is 2.73. The quantitative estimate of drug-likeness (QED) is 0.295. The van der Waals surface area contributed by atoms with Crippen molar-refractivity contribution in [2.45, 2.75) is 23.8 Å². The molecule has 29 heavy (non-hydrogen) atoms. The van der Waals surface area contributed by atoms with E-state index < -0.39 is 15.9 Å². The van der Waals surface area contributed by atoms with Gasteiger partial charge in [-0.25, -0.2) is 0 Å². The van der Waals surface area contributed by atoms with Crippen LogP contribution in [0, 0.1) is 6.92 Å². The van der Waals surface area contributed by atoms with Crippen LogP contribution in [0.2, 0.25) is 0 Å². The maximum absolute atomic E-state index is 12.5. The van der Waals surface area contributed by atoms with Gasteiger partial charge in [0.05, 0.1) is 0 Å². The molecule has 2 aromatic rings. The molecule has 0 spiro atoms. The zero-order valence-corrected chi connectivity index (χ0v) is 18.6. The third-order valence-electron chi connectivity index (χ3n) is 3.66. The van der Waals surface area contributed by atoms with Gasteiger partial charge in [-0.1, -0.05) is 52.5 Å². The van der Waals surface area contributed by atoms with Gasteiger partial charge < -0.3 is 21.3 Å². The van der Waals surface area contributed by atoms with Crippen molar-refractivity contribution in [3.05, 3.63) is 59.7 Å². The molecule has 10 heteroatoms. The molecule has 2 aromatic carbocycles. The van der Waals surface area contributed by atoms with E-state index in [-0.39, 0.29) is 11.0 Å². The number of alkyl halides is 3. The minimum Gasteiger partial charge on any atom is -0.339 e. The number of rotatable bonds is 5. The topological polar surface area (TPSA) is 82.3 Å². The van der Waals surface area contributed by atoms with Crippen LogP contribution in [0.4, 0.5) is 11.4 Å². The van der Waals surface area contributed by atoms with Gasteiger partial charge in [-0.15, -0.1) is 0 Å². The average molecular weight is 474 g/mol. The summed E-state index contributed by atoms with van der Waals surface area (Å²) in [6.07, 6.45) is -1.08. The van der Waals surface area contributed by atoms with Gasteiger partial charge in [-0.3, -0.25) is 9.59 Å². The fourth-order valence-corrected chi connectivity index (χ4v) is 2.82. The van der Waals surface area contributed by atoms with Crippen molar-refractivity contribution in [2.24, 2.45) is 0 Å². The van der Waals surface area contributed by atoms with E-state index in [1.807, 2.05) is 19.1 Å². The summed E-state index contributed by atoms with van der Waals surface area (Å²) >= 11 is 23.2. The highest BCUT2D eigenvalue weighted by atomic mass is 35.6. The first-order chi connectivity index (χ1) is 13.5. The van der Waals surface area contributed by atoms with Crippen molar-refractivity contribution in [3.8, 4) is 0 Å². The van der Waals surface area contributed by atoms with Crippen LogP contribution in [0.5, 0.6) is 0 Å². The molecule has 0 radical (unpaired) electrons. The molecule has 2 rings (SSSR count). The van der Waals surface area contributed by atoms with Crippen LogP contribution in [0.15, 0.2) is 48.5 Å². The first-order valence-corrected chi connectivity index (χ1v) is 9.98. The lowest BCUT2D eigenvalue weighted by Gasteiger charge is -2.27. The van der Waals surface area contributed by atoms with Gasteiger partial charge >= 0.3 is 0 Å². The summed E-state index contributed by atoms with van der Waals surface area (Å²) < 4.78 is -1.86. The lowest BCUT2D eigenvalue weighted by molar-refractivity contribution is -0.114. The molecule has 0 heterocycles. The molecular weight excluding hydrogens is 455 g/mol. The Labute approximate surface area is 189 Å². The van der Waals surface area contributed by atoms with Crippen LogP contribution in [0.25, 0.3) is 0 Å². The maximum atomic E-state index is 12.5. The van der Waals surface area contributed by atoms with Gasteiger partial charge in [0.25, 0.3) is 5.91 Å². The molecule has 0 bridgehead atoms. The number of halogens is 3. The Morgan fingerprint density at radius 3 is 1.90 bits per heavy atom. The average Bonchev–Trinajstić information content (AvgIpc) is 2.62. The fourth-order valence-electron chi connectivity index (χ4n) is 2.26. The van der Waals surface area contributed by atoms with Crippen molar-refractivity contribution in [1.82, 2.24) is 10.6 Å². The Morgan fingerprint density at radius 1 is 0.897 bits per heavy atom. The largest absolute Gasteiger partial charge is 0.339 e. The van der Waals surface area contributed by atoms with E-state index >= 15 is 0 Å². The molecule has 0 fully saturated rings. The molecule has 0 saturated carbocycles. The van der Waals surface area contributed by atoms with Gasteiger partial charge in [0.15, 0.2) is 5.11 Å². The van der Waals surface area contributed by atoms with Crippen molar-refractivity contribution >= 4 is 75.3 Å². The summed E-state index contributed by atoms with van der Waals surface area (Å²) in [6, 6.07) is 13.8. The number of hydrogen-bond acceptors (Lipinski definition) is 3. The van der Waals surface area contributed by atoms with Crippen molar-refractivity contribution in [1.29, 1.82) is 0 Å². The van der Waals surface area contributed by atoms with Gasteiger partial charge in [0, 0.05) is 23.9 Å². The van der Waals surface area contributed by atoms with Gasteiger partial charge in [0.1, 0.15) is 6.17 Å². The number of nitrogens with one attached hydrogen (secondary N) is 4. The SMILES string of the molecule is CC(=O)Nc1ccc(NC(=S)N[C@H](NC(=O)c2ccc(C)cc2)C(Cl)(Cl)Cl)cc1. The number of carbonyl (C=O) groups excluding carboxylic acids is 2. The summed E-state index contributed by atoms with van der Waals surface area (Å²) in [5.74, 6) is -0.589. The van der Waals surface area contributed by atoms with Gasteiger partial charge in [-0.2, -0.15) is 0 Å². The number of aryl methyl sites for hydroxylation is 1. The van der Waals surface area contributed by atoms with Crippen LogP contribution in [-0.2, 0) is 4.79 Å². The van der Waals surface area contributed by atoms with Gasteiger partial charge in [0.2, 0.25) is 9.70 Å². The molecule has 0 saturated heterocycles. The lowest BCUT2D eigenvalue weighted by atomic mass is 10.1. The number of thiocarbonyl (C=S) groups is 1. The molecule has 4 N–H and O–H groups in total. The van der Waals surface area contributed by atoms with E-state index in [2.05, 4.69) is 21.3 Å². The second kappa shape index (κ2) is 10.1. The molecule has 0 unspecified atom stereocenters. The third-order valence-corrected chi connectivity index (χ3v) is 4.53. The van der Waals surface area contributed by atoms with Crippen molar-refractivity contribution in [3.63, 3.8) is 0 Å². The predicted octanol–water partition coefficient (Wildman–Crippen LogP) is 4.37. The highest BCUT2D eigenvalue weighted by molar-refractivity contribution is 7.80. The molecule has 0 aliphatic rings. The number of carbonyl (C=O) groups is 2. The fraction of sp³-hybridized carbons (Fsp3) is 0.211. The normalized spacial score (nSPS) is 11.9. The Hall–Kier alpha value is -2.06. The zero-order valence-electron chi connectivity index (χ0n) is 15.6. The van der Waals surface area contributed by atoms with Gasteiger partial charge in [-0.05, 0) is 55.5 Å². The van der Waals surface area contributed by atoms with Crippen molar-refractivity contribution in [2.75, 3.05) is 10.6 Å². The molecule has 0 aliphatic carbocycles. The van der Waals surface area contributed by atoms with Crippen LogP contribution in [-0.4, -0.2) is 26.9 Å². The second-order valence-electron chi connectivity index (χ2n) is 6.17. The number of amides is 2. The molecule has 2 amide bonds. The zero-order chi connectivity index (χ0) is 21.6. The molecular formula is C19H19Cl3N4O2S. The van der Waals surface area contributed by atoms with Crippen molar-refractivity contribution < 1.29 is 9.59 Å². The minimum absolute atomic E-state index is 0.137. The Bertz CT molecular complexity index is 884. The third kappa shape index (κ3) is 7.70. The summed E-state index contributed by atoms with van der Waals surface area (Å²) in [4.78, 5) is 23.5. The Morgan fingerprint density at radius 2 is 1.41 bits per heavy atom. The van der Waals surface area contributed by atoms with E-state index in [1.54, 1.807) is 36.4 Å². The lowest BCUT2D eigenvalue weighted by Crippen LogP contribution is -2.56. The van der Waals surface area contributed by atoms with Crippen LogP contribution in [0.3, 0.4) is 0 Å². The first kappa shape index (κ1) is 23.2. The highest BCUT2D eigenvalue weighted by Gasteiger charge is 2.34. The Balaban J connectivity index is 2.02. The van der Waals surface area contributed by atoms with Crippen LogP contribution in [0.1, 0.15) is 22.8 Å². The summed E-state index contributed by atoms with van der Waals surface area (Å²) in [6.45, 7) is 3.34. The Kier molecular flexibility index (Phi) is 8.10. The standard InChI is InChI=1S/C19H19Cl3N4O2S/c1-11-3-5-13(6-4-11)16(28)25-17(19(20,21)22)26-18(29)24-15-9-7-14(8-10-15)23-12(2)27/h3-10,17H,1-2H3,(H,23,27)(H,25,28)(H2,24,26,29)/t17-/m0/s1. The van der Waals surface area contributed by atoms with E-state index in [0.717, 1.165) is 5.56 Å². The molecule has 1 atom stereocenters. The van der Waals surface area contributed by atoms with E-state index in [0.29, 0.717) is 16.9 Å². The van der Waals surface area contributed by atoms with Crippen LogP contribution < -0.4 is 21.3 Å². The second-order valence-corrected chi connectivity index (χ2v) is 8.95. The number of benzene rings is 2. The molecule has 0 aromatic heterocycles. The summed E-state index contributed by atoms with van der Waals surface area (Å²) in [7, 11) is 0. The van der Waals surface area contributed by atoms with E-state index in [4.69, 9.17) is 47.0 Å². The van der Waals surface area contributed by atoms with E-state index in [1.165, 1.54) is 6.92 Å². The molecule has 154 valence electrons. The first-order valence-electron chi connectivity index (χ1n) is 8.44. The monoisotopic (exact) mass is 472 g/mol. The number of hydrogen-bond donors (Lipinski definition) is 4. The van der Waals surface area contributed by atoms with E-state index in [9.17, 15) is 9.59 Å². The molecule has 6 nitrogen and oxygen atoms in total. The summed E-state index contributed by atoms with van der Waals surface area (Å²) in [5, 5.41) is 11.1. The maximum Gasteiger partial charge on any atom is 0.252 e. The van der Waals surface area contributed by atoms with Crippen LogP contribution >= 0.6 is 47.0 Å². The minimum atomic E-state index is -1.86. The molecule has 0 aliphatic heterocycles.